The monoisotopic (exact) mass is 307 g/mol. The summed E-state index contributed by atoms with van der Waals surface area (Å²) >= 11 is 5.67. The zero-order valence-corrected chi connectivity index (χ0v) is 11.3. The maximum Gasteiger partial charge on any atom is 0.299 e. The van der Waals surface area contributed by atoms with Crippen LogP contribution in [0.2, 0.25) is 5.02 Å². The zero-order chi connectivity index (χ0) is 15.1. The van der Waals surface area contributed by atoms with Crippen LogP contribution in [-0.4, -0.2) is 11.7 Å². The Bertz CT molecular complexity index is 776. The lowest BCUT2D eigenvalue weighted by molar-refractivity contribution is -0.114. The van der Waals surface area contributed by atoms with Gasteiger partial charge in [-0.15, -0.1) is 0 Å². The van der Waals surface area contributed by atoms with Gasteiger partial charge in [-0.1, -0.05) is 17.7 Å². The highest BCUT2D eigenvalue weighted by atomic mass is 35.5. The van der Waals surface area contributed by atoms with Crippen LogP contribution in [0, 0.1) is 11.6 Å². The third-order valence-corrected chi connectivity index (χ3v) is 3.51. The van der Waals surface area contributed by atoms with Crippen molar-refractivity contribution < 1.29 is 18.4 Å². The number of anilines is 1. The lowest BCUT2D eigenvalue weighted by Gasteiger charge is -2.17. The Morgan fingerprint density at radius 3 is 2.52 bits per heavy atom. The molecule has 0 aliphatic carbocycles. The van der Waals surface area contributed by atoms with Crippen LogP contribution in [0.15, 0.2) is 36.4 Å². The first-order valence-corrected chi connectivity index (χ1v) is 6.45. The van der Waals surface area contributed by atoms with Crippen molar-refractivity contribution in [2.45, 2.75) is 6.54 Å². The van der Waals surface area contributed by atoms with Crippen LogP contribution in [-0.2, 0) is 11.3 Å². The molecule has 0 atom stereocenters. The second kappa shape index (κ2) is 4.93. The van der Waals surface area contributed by atoms with Gasteiger partial charge in [0, 0.05) is 10.6 Å². The van der Waals surface area contributed by atoms with E-state index in [4.69, 9.17) is 11.6 Å². The number of ketones is 1. The molecule has 0 unspecified atom stereocenters. The maximum absolute atomic E-state index is 13.8. The fourth-order valence-electron chi connectivity index (χ4n) is 2.25. The number of carbonyl (C=O) groups is 2. The summed E-state index contributed by atoms with van der Waals surface area (Å²) < 4.78 is 27.0. The molecule has 0 spiro atoms. The number of amides is 1. The Balaban J connectivity index is 2.00. The molecular weight excluding hydrogens is 300 g/mol. The molecule has 1 amide bonds. The van der Waals surface area contributed by atoms with Crippen molar-refractivity contribution in [3.63, 3.8) is 0 Å². The van der Waals surface area contributed by atoms with E-state index in [1.165, 1.54) is 18.2 Å². The Morgan fingerprint density at radius 2 is 1.81 bits per heavy atom. The van der Waals surface area contributed by atoms with Crippen LogP contribution < -0.4 is 4.90 Å². The smallest absolute Gasteiger partial charge is 0.299 e. The highest BCUT2D eigenvalue weighted by Crippen LogP contribution is 2.31. The molecule has 3 rings (SSSR count). The summed E-state index contributed by atoms with van der Waals surface area (Å²) in [5, 5.41) is 0.238. The molecule has 0 saturated carbocycles. The summed E-state index contributed by atoms with van der Waals surface area (Å²) in [4.78, 5) is 24.9. The van der Waals surface area contributed by atoms with Crippen molar-refractivity contribution in [1.29, 1.82) is 0 Å². The number of carbonyl (C=O) groups excluding carboxylic acids is 2. The van der Waals surface area contributed by atoms with Gasteiger partial charge in [-0.3, -0.25) is 9.59 Å². The van der Waals surface area contributed by atoms with Gasteiger partial charge in [0.2, 0.25) is 0 Å². The Labute approximate surface area is 123 Å². The van der Waals surface area contributed by atoms with E-state index in [9.17, 15) is 18.4 Å². The molecule has 3 nitrogen and oxygen atoms in total. The first-order valence-electron chi connectivity index (χ1n) is 6.07. The normalized spacial score (nSPS) is 13.8. The molecule has 0 N–H and O–H groups in total. The Hall–Kier alpha value is -2.27. The van der Waals surface area contributed by atoms with Gasteiger partial charge in [0.05, 0.1) is 17.8 Å². The minimum absolute atomic E-state index is 0.00521. The van der Waals surface area contributed by atoms with Crippen molar-refractivity contribution in [3.8, 4) is 0 Å². The van der Waals surface area contributed by atoms with Crippen molar-refractivity contribution in [2.75, 3.05) is 4.90 Å². The van der Waals surface area contributed by atoms with Gasteiger partial charge in [0.25, 0.3) is 11.7 Å². The number of hydrogen-bond donors (Lipinski definition) is 0. The lowest BCUT2D eigenvalue weighted by Crippen LogP contribution is -2.29. The molecule has 1 aliphatic rings. The molecule has 2 aromatic carbocycles. The Kier molecular flexibility index (Phi) is 3.22. The van der Waals surface area contributed by atoms with Crippen LogP contribution in [0.1, 0.15) is 15.9 Å². The van der Waals surface area contributed by atoms with Gasteiger partial charge in [-0.05, 0) is 30.3 Å². The number of halogens is 3. The topological polar surface area (TPSA) is 37.4 Å². The molecule has 106 valence electrons. The molecule has 0 bridgehead atoms. The van der Waals surface area contributed by atoms with E-state index >= 15 is 0 Å². The average Bonchev–Trinajstić information content (AvgIpc) is 2.66. The summed E-state index contributed by atoms with van der Waals surface area (Å²) in [5.74, 6) is -2.77. The molecular formula is C15H8ClF2NO2. The maximum atomic E-state index is 13.8. The minimum atomic E-state index is -0.801. The summed E-state index contributed by atoms with van der Waals surface area (Å²) in [6.45, 7) is -0.119. The predicted molar refractivity (Wildman–Crippen MR) is 73.3 cm³/mol. The standard InChI is InChI=1S/C15H8ClF2NO2/c16-9-2-1-8(12(18)5-9)7-19-13-4-3-10(17)6-11(13)14(20)15(19)21/h1-6H,7H2. The number of nitrogens with zero attached hydrogens (tertiary/aromatic N) is 1. The number of benzene rings is 2. The van der Waals surface area contributed by atoms with E-state index < -0.39 is 23.3 Å². The SMILES string of the molecule is O=C1C(=O)N(Cc2ccc(Cl)cc2F)c2ccc(F)cc21. The van der Waals surface area contributed by atoms with Crippen molar-refractivity contribution in [3.05, 3.63) is 64.2 Å². The van der Waals surface area contributed by atoms with Gasteiger partial charge in [-0.25, -0.2) is 8.78 Å². The summed E-state index contributed by atoms with van der Waals surface area (Å²) in [6, 6.07) is 7.56. The average molecular weight is 308 g/mol. The molecule has 1 heterocycles. The van der Waals surface area contributed by atoms with Gasteiger partial charge >= 0.3 is 0 Å². The van der Waals surface area contributed by atoms with Gasteiger partial charge in [0.1, 0.15) is 11.6 Å². The number of Topliss-reactive ketones (excluding diaryl/α,β-unsaturated/α-hetero) is 1. The van der Waals surface area contributed by atoms with Gasteiger partial charge < -0.3 is 4.90 Å². The van der Waals surface area contributed by atoms with E-state index in [2.05, 4.69) is 0 Å². The van der Waals surface area contributed by atoms with Crippen LogP contribution in [0.3, 0.4) is 0 Å². The largest absolute Gasteiger partial charge is 0.300 e. The van der Waals surface area contributed by atoms with E-state index in [0.29, 0.717) is 0 Å². The van der Waals surface area contributed by atoms with Crippen molar-refractivity contribution in [2.24, 2.45) is 0 Å². The van der Waals surface area contributed by atoms with Crippen LogP contribution in [0.25, 0.3) is 0 Å². The van der Waals surface area contributed by atoms with Gasteiger partial charge in [0.15, 0.2) is 0 Å². The number of hydrogen-bond acceptors (Lipinski definition) is 2. The number of rotatable bonds is 2. The molecule has 1 aliphatic heterocycles. The fraction of sp³-hybridized carbons (Fsp3) is 0.0667. The quantitative estimate of drug-likeness (QED) is 0.798. The summed E-state index contributed by atoms with van der Waals surface area (Å²) in [6.07, 6.45) is 0. The second-order valence-electron chi connectivity index (χ2n) is 4.62. The summed E-state index contributed by atoms with van der Waals surface area (Å²) in [5.41, 5.74) is 0.493. The fourth-order valence-corrected chi connectivity index (χ4v) is 2.41. The third kappa shape index (κ3) is 2.29. The van der Waals surface area contributed by atoms with Crippen LogP contribution >= 0.6 is 11.6 Å². The highest BCUT2D eigenvalue weighted by molar-refractivity contribution is 6.52. The first kappa shape index (κ1) is 13.7. The van der Waals surface area contributed by atoms with E-state index in [-0.39, 0.29) is 28.4 Å². The molecule has 0 radical (unpaired) electrons. The predicted octanol–water partition coefficient (Wildman–Crippen LogP) is 3.35. The highest BCUT2D eigenvalue weighted by Gasteiger charge is 2.36. The molecule has 6 heteroatoms. The molecule has 2 aromatic rings. The lowest BCUT2D eigenvalue weighted by atomic mass is 10.1. The van der Waals surface area contributed by atoms with E-state index in [1.807, 2.05) is 0 Å². The molecule has 0 saturated heterocycles. The van der Waals surface area contributed by atoms with E-state index in [0.717, 1.165) is 23.1 Å². The zero-order valence-electron chi connectivity index (χ0n) is 10.6. The van der Waals surface area contributed by atoms with Crippen molar-refractivity contribution in [1.82, 2.24) is 0 Å². The van der Waals surface area contributed by atoms with Gasteiger partial charge in [-0.2, -0.15) is 0 Å². The van der Waals surface area contributed by atoms with Crippen LogP contribution in [0.4, 0.5) is 14.5 Å². The number of fused-ring (bicyclic) bond motifs is 1. The molecule has 0 fully saturated rings. The van der Waals surface area contributed by atoms with E-state index in [1.54, 1.807) is 0 Å². The molecule has 0 aromatic heterocycles. The van der Waals surface area contributed by atoms with Crippen molar-refractivity contribution >= 4 is 29.0 Å². The Morgan fingerprint density at radius 1 is 1.05 bits per heavy atom. The second-order valence-corrected chi connectivity index (χ2v) is 5.05. The molecule has 21 heavy (non-hydrogen) atoms. The van der Waals surface area contributed by atoms with Crippen LogP contribution in [0.5, 0.6) is 0 Å². The summed E-state index contributed by atoms with van der Waals surface area (Å²) in [7, 11) is 0. The minimum Gasteiger partial charge on any atom is -0.300 e. The first-order chi connectivity index (χ1) is 9.97. The third-order valence-electron chi connectivity index (χ3n) is 3.28.